The van der Waals surface area contributed by atoms with Gasteiger partial charge in [0.15, 0.2) is 0 Å². The van der Waals surface area contributed by atoms with Crippen molar-refractivity contribution in [3.63, 3.8) is 0 Å². The first-order valence-electron chi connectivity index (χ1n) is 3.36. The molecule has 56 valence electrons. The van der Waals surface area contributed by atoms with Crippen molar-refractivity contribution in [2.75, 3.05) is 18.8 Å². The minimum absolute atomic E-state index is 0.567. The Morgan fingerprint density at radius 2 is 2.00 bits per heavy atom. The second kappa shape index (κ2) is 6.39. The van der Waals surface area contributed by atoms with Crippen LogP contribution in [0.5, 0.6) is 0 Å². The second-order valence-corrected chi connectivity index (χ2v) is 2.58. The number of hydrogen-bond donors (Lipinski definition) is 3. The van der Waals surface area contributed by atoms with Gasteiger partial charge in [0.05, 0.1) is 0 Å². The molecular formula is C6H16N2S. The van der Waals surface area contributed by atoms with Crippen LogP contribution < -0.4 is 11.5 Å². The van der Waals surface area contributed by atoms with Crippen molar-refractivity contribution in [3.05, 3.63) is 0 Å². The summed E-state index contributed by atoms with van der Waals surface area (Å²) in [6.07, 6.45) is 2.19. The maximum absolute atomic E-state index is 5.43. The Morgan fingerprint density at radius 3 is 2.33 bits per heavy atom. The quantitative estimate of drug-likeness (QED) is 0.489. The highest BCUT2D eigenvalue weighted by molar-refractivity contribution is 7.80. The molecule has 0 aromatic carbocycles. The highest BCUT2D eigenvalue weighted by Crippen LogP contribution is 2.04. The Kier molecular flexibility index (Phi) is 6.58. The van der Waals surface area contributed by atoms with E-state index in [1.165, 1.54) is 0 Å². The lowest BCUT2D eigenvalue weighted by molar-refractivity contribution is 0.534. The van der Waals surface area contributed by atoms with E-state index in [0.717, 1.165) is 31.7 Å². The Morgan fingerprint density at radius 1 is 1.33 bits per heavy atom. The average molecular weight is 148 g/mol. The molecular weight excluding hydrogens is 132 g/mol. The smallest absolute Gasteiger partial charge is 0.00411 e. The van der Waals surface area contributed by atoms with Crippen molar-refractivity contribution in [3.8, 4) is 0 Å². The number of rotatable bonds is 5. The first kappa shape index (κ1) is 9.27. The summed E-state index contributed by atoms with van der Waals surface area (Å²) >= 11 is 4.15. The van der Waals surface area contributed by atoms with Gasteiger partial charge in [-0.3, -0.25) is 0 Å². The van der Waals surface area contributed by atoms with Gasteiger partial charge in [-0.2, -0.15) is 12.6 Å². The van der Waals surface area contributed by atoms with Gasteiger partial charge in [-0.15, -0.1) is 0 Å². The molecule has 0 radical (unpaired) electrons. The number of nitrogens with two attached hydrogens (primary N) is 2. The SMILES string of the molecule is NCCCC(CN)CS. The van der Waals surface area contributed by atoms with Gasteiger partial charge in [0, 0.05) is 0 Å². The number of thiol groups is 1. The molecule has 0 heterocycles. The zero-order chi connectivity index (χ0) is 7.11. The van der Waals surface area contributed by atoms with E-state index in [9.17, 15) is 0 Å². The molecule has 9 heavy (non-hydrogen) atoms. The van der Waals surface area contributed by atoms with Crippen LogP contribution in [0.4, 0.5) is 0 Å². The molecule has 2 nitrogen and oxygen atoms in total. The standard InChI is InChI=1S/C6H16N2S/c7-3-1-2-6(4-8)5-9/h6,9H,1-5,7-8H2. The molecule has 0 spiro atoms. The first-order chi connectivity index (χ1) is 4.35. The van der Waals surface area contributed by atoms with E-state index in [4.69, 9.17) is 11.5 Å². The van der Waals surface area contributed by atoms with E-state index in [2.05, 4.69) is 12.6 Å². The van der Waals surface area contributed by atoms with E-state index in [-0.39, 0.29) is 0 Å². The molecule has 0 bridgehead atoms. The van der Waals surface area contributed by atoms with Crippen molar-refractivity contribution >= 4 is 12.6 Å². The van der Waals surface area contributed by atoms with Crippen molar-refractivity contribution in [1.29, 1.82) is 0 Å². The van der Waals surface area contributed by atoms with Crippen LogP contribution in [0.2, 0.25) is 0 Å². The van der Waals surface area contributed by atoms with Gasteiger partial charge < -0.3 is 11.5 Å². The summed E-state index contributed by atoms with van der Waals surface area (Å²) in [5, 5.41) is 0. The third-order valence-electron chi connectivity index (χ3n) is 1.41. The van der Waals surface area contributed by atoms with Gasteiger partial charge >= 0.3 is 0 Å². The Hall–Kier alpha value is 0.270. The lowest BCUT2D eigenvalue weighted by Gasteiger charge is -2.08. The minimum Gasteiger partial charge on any atom is -0.330 e. The van der Waals surface area contributed by atoms with Crippen LogP contribution in [0.15, 0.2) is 0 Å². The molecule has 1 atom stereocenters. The summed E-state index contributed by atoms with van der Waals surface area (Å²) in [7, 11) is 0. The van der Waals surface area contributed by atoms with E-state index >= 15 is 0 Å². The van der Waals surface area contributed by atoms with E-state index < -0.39 is 0 Å². The van der Waals surface area contributed by atoms with Gasteiger partial charge in [-0.1, -0.05) is 0 Å². The summed E-state index contributed by atoms with van der Waals surface area (Å²) in [6.45, 7) is 1.51. The summed E-state index contributed by atoms with van der Waals surface area (Å²) in [4.78, 5) is 0. The fraction of sp³-hybridized carbons (Fsp3) is 1.00. The highest BCUT2D eigenvalue weighted by Gasteiger charge is 2.01. The maximum Gasteiger partial charge on any atom is -0.00411 e. The minimum atomic E-state index is 0.567. The lowest BCUT2D eigenvalue weighted by atomic mass is 10.1. The second-order valence-electron chi connectivity index (χ2n) is 2.22. The first-order valence-corrected chi connectivity index (χ1v) is 3.99. The molecule has 0 aliphatic heterocycles. The van der Waals surface area contributed by atoms with Gasteiger partial charge in [-0.05, 0) is 37.6 Å². The average Bonchev–Trinajstić information content (AvgIpc) is 1.91. The van der Waals surface area contributed by atoms with Gasteiger partial charge in [-0.25, -0.2) is 0 Å². The Bertz CT molecular complexity index is 55.0. The molecule has 0 saturated carbocycles. The zero-order valence-electron chi connectivity index (χ0n) is 5.71. The van der Waals surface area contributed by atoms with Gasteiger partial charge in [0.2, 0.25) is 0 Å². The molecule has 0 fully saturated rings. The molecule has 0 amide bonds. The van der Waals surface area contributed by atoms with Crippen LogP contribution in [-0.2, 0) is 0 Å². The molecule has 1 unspecified atom stereocenters. The molecule has 0 aliphatic carbocycles. The largest absolute Gasteiger partial charge is 0.330 e. The third kappa shape index (κ3) is 4.75. The summed E-state index contributed by atoms with van der Waals surface area (Å²) in [5.74, 6) is 1.45. The Labute approximate surface area is 62.4 Å². The predicted octanol–water partition coefficient (Wildman–Crippen LogP) is 0.230. The van der Waals surface area contributed by atoms with Crippen LogP contribution in [0.3, 0.4) is 0 Å². The molecule has 0 rings (SSSR count). The summed E-state index contributed by atoms with van der Waals surface area (Å²) in [5.41, 5.74) is 10.8. The van der Waals surface area contributed by atoms with E-state index in [1.54, 1.807) is 0 Å². The molecule has 0 saturated heterocycles. The van der Waals surface area contributed by atoms with Crippen LogP contribution in [-0.4, -0.2) is 18.8 Å². The fourth-order valence-corrected chi connectivity index (χ4v) is 1.02. The molecule has 4 N–H and O–H groups in total. The van der Waals surface area contributed by atoms with Gasteiger partial charge in [0.25, 0.3) is 0 Å². The fourth-order valence-electron chi connectivity index (χ4n) is 0.690. The topological polar surface area (TPSA) is 52.0 Å². The predicted molar refractivity (Wildman–Crippen MR) is 44.7 cm³/mol. The van der Waals surface area contributed by atoms with Crippen molar-refractivity contribution < 1.29 is 0 Å². The van der Waals surface area contributed by atoms with Crippen molar-refractivity contribution in [2.24, 2.45) is 17.4 Å². The monoisotopic (exact) mass is 148 g/mol. The van der Waals surface area contributed by atoms with E-state index in [0.29, 0.717) is 5.92 Å². The van der Waals surface area contributed by atoms with Crippen LogP contribution in [0.1, 0.15) is 12.8 Å². The van der Waals surface area contributed by atoms with Crippen molar-refractivity contribution in [2.45, 2.75) is 12.8 Å². The maximum atomic E-state index is 5.43. The summed E-state index contributed by atoms with van der Waals surface area (Å²) in [6, 6.07) is 0. The van der Waals surface area contributed by atoms with E-state index in [1.807, 2.05) is 0 Å². The normalized spacial score (nSPS) is 13.7. The van der Waals surface area contributed by atoms with Crippen LogP contribution in [0.25, 0.3) is 0 Å². The van der Waals surface area contributed by atoms with Crippen molar-refractivity contribution in [1.82, 2.24) is 0 Å². The summed E-state index contributed by atoms with van der Waals surface area (Å²) < 4.78 is 0. The number of hydrogen-bond acceptors (Lipinski definition) is 3. The Balaban J connectivity index is 3.09. The third-order valence-corrected chi connectivity index (χ3v) is 1.92. The van der Waals surface area contributed by atoms with Crippen LogP contribution >= 0.6 is 12.6 Å². The zero-order valence-corrected chi connectivity index (χ0v) is 6.61. The molecule has 0 aliphatic rings. The molecule has 0 aromatic heterocycles. The van der Waals surface area contributed by atoms with Crippen LogP contribution in [0, 0.1) is 5.92 Å². The van der Waals surface area contributed by atoms with Gasteiger partial charge in [0.1, 0.15) is 0 Å². The highest BCUT2D eigenvalue weighted by atomic mass is 32.1. The molecule has 0 aromatic rings. The molecule has 3 heteroatoms. The lowest BCUT2D eigenvalue weighted by Crippen LogP contribution is -2.17.